The van der Waals surface area contributed by atoms with E-state index < -0.39 is 6.10 Å². The average Bonchev–Trinajstić information content (AvgIpc) is 2.32. The van der Waals surface area contributed by atoms with Gasteiger partial charge in [0.1, 0.15) is 5.82 Å². The molecule has 4 heteroatoms. The standard InChI is InChI=1S/C13H18FNO2/c1-9-5-6-15(7-12(9)17)13-10(8-16)3-2-4-11(13)14/h2-4,9,12,16-17H,5-8H2,1H3. The van der Waals surface area contributed by atoms with Gasteiger partial charge in [0, 0.05) is 18.7 Å². The van der Waals surface area contributed by atoms with Crippen LogP contribution in [-0.2, 0) is 6.61 Å². The van der Waals surface area contributed by atoms with Gasteiger partial charge in [0.05, 0.1) is 18.4 Å². The zero-order valence-electron chi connectivity index (χ0n) is 9.93. The van der Waals surface area contributed by atoms with Crippen LogP contribution in [0.5, 0.6) is 0 Å². The quantitative estimate of drug-likeness (QED) is 0.822. The monoisotopic (exact) mass is 239 g/mol. The van der Waals surface area contributed by atoms with Crippen molar-refractivity contribution in [2.45, 2.75) is 26.1 Å². The molecule has 17 heavy (non-hydrogen) atoms. The molecule has 1 aliphatic heterocycles. The van der Waals surface area contributed by atoms with Gasteiger partial charge in [-0.2, -0.15) is 0 Å². The summed E-state index contributed by atoms with van der Waals surface area (Å²) in [6, 6.07) is 4.69. The largest absolute Gasteiger partial charge is 0.392 e. The molecule has 0 bridgehead atoms. The van der Waals surface area contributed by atoms with Gasteiger partial charge >= 0.3 is 0 Å². The number of hydrogen-bond acceptors (Lipinski definition) is 3. The second-order valence-corrected chi connectivity index (χ2v) is 4.69. The lowest BCUT2D eigenvalue weighted by Crippen LogP contribution is -2.43. The van der Waals surface area contributed by atoms with Gasteiger partial charge < -0.3 is 15.1 Å². The van der Waals surface area contributed by atoms with Crippen LogP contribution in [0, 0.1) is 11.7 Å². The summed E-state index contributed by atoms with van der Waals surface area (Å²) in [7, 11) is 0. The van der Waals surface area contributed by atoms with Crippen molar-refractivity contribution < 1.29 is 14.6 Å². The van der Waals surface area contributed by atoms with Crippen molar-refractivity contribution in [3.05, 3.63) is 29.6 Å². The Morgan fingerprint density at radius 3 is 2.88 bits per heavy atom. The topological polar surface area (TPSA) is 43.7 Å². The van der Waals surface area contributed by atoms with E-state index in [2.05, 4.69) is 0 Å². The van der Waals surface area contributed by atoms with Crippen LogP contribution in [0.15, 0.2) is 18.2 Å². The van der Waals surface area contributed by atoms with E-state index in [-0.39, 0.29) is 18.3 Å². The molecule has 0 aliphatic carbocycles. The molecule has 0 radical (unpaired) electrons. The van der Waals surface area contributed by atoms with Gasteiger partial charge in [-0.3, -0.25) is 0 Å². The number of aliphatic hydroxyl groups is 2. The van der Waals surface area contributed by atoms with Crippen LogP contribution in [0.4, 0.5) is 10.1 Å². The summed E-state index contributed by atoms with van der Waals surface area (Å²) in [4.78, 5) is 1.82. The van der Waals surface area contributed by atoms with Gasteiger partial charge in [-0.25, -0.2) is 4.39 Å². The van der Waals surface area contributed by atoms with Crippen LogP contribution in [0.25, 0.3) is 0 Å². The molecule has 2 rings (SSSR count). The zero-order valence-corrected chi connectivity index (χ0v) is 9.93. The smallest absolute Gasteiger partial charge is 0.146 e. The Morgan fingerprint density at radius 2 is 2.24 bits per heavy atom. The molecule has 0 amide bonds. The predicted octanol–water partition coefficient (Wildman–Crippen LogP) is 1.53. The Balaban J connectivity index is 2.28. The van der Waals surface area contributed by atoms with E-state index in [1.165, 1.54) is 6.07 Å². The molecule has 2 N–H and O–H groups in total. The van der Waals surface area contributed by atoms with E-state index in [1.54, 1.807) is 12.1 Å². The second-order valence-electron chi connectivity index (χ2n) is 4.69. The number of hydrogen-bond donors (Lipinski definition) is 2. The fourth-order valence-corrected chi connectivity index (χ4v) is 2.29. The molecule has 1 aliphatic rings. The number of aliphatic hydroxyl groups excluding tert-OH is 2. The predicted molar refractivity (Wildman–Crippen MR) is 64.3 cm³/mol. The number of β-amino-alcohol motifs (C(OH)–C–C–N with tert-alkyl or cyclic N) is 1. The van der Waals surface area contributed by atoms with Crippen molar-refractivity contribution >= 4 is 5.69 Å². The molecule has 0 aromatic heterocycles. The summed E-state index contributed by atoms with van der Waals surface area (Å²) in [5.41, 5.74) is 1.01. The molecule has 3 nitrogen and oxygen atoms in total. The molecular weight excluding hydrogens is 221 g/mol. The number of halogens is 1. The van der Waals surface area contributed by atoms with Gasteiger partial charge in [0.15, 0.2) is 0 Å². The molecular formula is C13H18FNO2. The maximum Gasteiger partial charge on any atom is 0.146 e. The van der Waals surface area contributed by atoms with E-state index in [0.29, 0.717) is 24.3 Å². The van der Waals surface area contributed by atoms with Crippen LogP contribution in [0.2, 0.25) is 0 Å². The lowest BCUT2D eigenvalue weighted by molar-refractivity contribution is 0.102. The number of nitrogens with zero attached hydrogens (tertiary/aromatic N) is 1. The number of rotatable bonds is 2. The fourth-order valence-electron chi connectivity index (χ4n) is 2.29. The normalized spacial score (nSPS) is 25.1. The summed E-state index contributed by atoms with van der Waals surface area (Å²) in [6.45, 7) is 2.95. The Labute approximate surface area is 100 Å². The van der Waals surface area contributed by atoms with E-state index in [9.17, 15) is 14.6 Å². The molecule has 2 atom stereocenters. The van der Waals surface area contributed by atoms with Gasteiger partial charge in [-0.1, -0.05) is 19.1 Å². The van der Waals surface area contributed by atoms with Gasteiger partial charge in [-0.05, 0) is 18.4 Å². The maximum absolute atomic E-state index is 13.8. The van der Waals surface area contributed by atoms with Gasteiger partial charge in [-0.15, -0.1) is 0 Å². The highest BCUT2D eigenvalue weighted by Gasteiger charge is 2.27. The molecule has 1 aromatic rings. The van der Waals surface area contributed by atoms with E-state index in [4.69, 9.17) is 0 Å². The molecule has 1 heterocycles. The number of piperidine rings is 1. The summed E-state index contributed by atoms with van der Waals surface area (Å²) in [5.74, 6) is -0.0890. The molecule has 0 saturated carbocycles. The van der Waals surface area contributed by atoms with Crippen molar-refractivity contribution in [2.24, 2.45) is 5.92 Å². The highest BCUT2D eigenvalue weighted by molar-refractivity contribution is 5.55. The Kier molecular flexibility index (Phi) is 3.64. The van der Waals surface area contributed by atoms with Crippen LogP contribution in [-0.4, -0.2) is 29.4 Å². The molecule has 1 aromatic carbocycles. The first-order valence-electron chi connectivity index (χ1n) is 5.94. The minimum Gasteiger partial charge on any atom is -0.392 e. The van der Waals surface area contributed by atoms with Gasteiger partial charge in [0.2, 0.25) is 0 Å². The molecule has 2 unspecified atom stereocenters. The average molecular weight is 239 g/mol. The second kappa shape index (κ2) is 5.02. The van der Waals surface area contributed by atoms with Crippen molar-refractivity contribution in [2.75, 3.05) is 18.0 Å². The van der Waals surface area contributed by atoms with E-state index in [1.807, 2.05) is 11.8 Å². The van der Waals surface area contributed by atoms with Crippen molar-refractivity contribution in [1.29, 1.82) is 0 Å². The molecule has 0 spiro atoms. The van der Waals surface area contributed by atoms with Crippen LogP contribution in [0.3, 0.4) is 0 Å². The van der Waals surface area contributed by atoms with Crippen molar-refractivity contribution in [3.63, 3.8) is 0 Å². The third-order valence-electron chi connectivity index (χ3n) is 3.48. The Bertz CT molecular complexity index is 397. The van der Waals surface area contributed by atoms with E-state index in [0.717, 1.165) is 6.42 Å². The number of anilines is 1. The van der Waals surface area contributed by atoms with Crippen LogP contribution >= 0.6 is 0 Å². The van der Waals surface area contributed by atoms with E-state index >= 15 is 0 Å². The summed E-state index contributed by atoms with van der Waals surface area (Å²) < 4.78 is 13.8. The SMILES string of the molecule is CC1CCN(c2c(F)cccc2CO)CC1O. The first-order chi connectivity index (χ1) is 8.13. The summed E-state index contributed by atoms with van der Waals surface area (Å²) in [5, 5.41) is 19.1. The minimum atomic E-state index is -0.435. The third kappa shape index (κ3) is 2.42. The molecule has 1 saturated heterocycles. The lowest BCUT2D eigenvalue weighted by atomic mass is 9.95. The highest BCUT2D eigenvalue weighted by Crippen LogP contribution is 2.29. The summed E-state index contributed by atoms with van der Waals surface area (Å²) >= 11 is 0. The highest BCUT2D eigenvalue weighted by atomic mass is 19.1. The Hall–Kier alpha value is -1.13. The van der Waals surface area contributed by atoms with Crippen LogP contribution < -0.4 is 4.90 Å². The maximum atomic E-state index is 13.8. The Morgan fingerprint density at radius 1 is 1.47 bits per heavy atom. The first-order valence-corrected chi connectivity index (χ1v) is 5.94. The minimum absolute atomic E-state index is 0.185. The molecule has 94 valence electrons. The van der Waals surface area contributed by atoms with Gasteiger partial charge in [0.25, 0.3) is 0 Å². The summed E-state index contributed by atoms with van der Waals surface area (Å²) in [6.07, 6.45) is 0.398. The number of benzene rings is 1. The zero-order chi connectivity index (χ0) is 12.4. The van der Waals surface area contributed by atoms with Crippen molar-refractivity contribution in [1.82, 2.24) is 0 Å². The first kappa shape index (κ1) is 12.3. The fraction of sp³-hybridized carbons (Fsp3) is 0.538. The van der Waals surface area contributed by atoms with Crippen LogP contribution in [0.1, 0.15) is 18.9 Å². The van der Waals surface area contributed by atoms with Crippen molar-refractivity contribution in [3.8, 4) is 0 Å². The third-order valence-corrected chi connectivity index (χ3v) is 3.48. The number of para-hydroxylation sites is 1. The lowest BCUT2D eigenvalue weighted by Gasteiger charge is -2.36. The molecule has 1 fully saturated rings.